The average Bonchev–Trinajstić information content (AvgIpc) is 3.04. The molecule has 5 rings (SSSR count). The zero-order chi connectivity index (χ0) is 21.7. The minimum absolute atomic E-state index is 0.137. The van der Waals surface area contributed by atoms with Gasteiger partial charge in [-0.25, -0.2) is 15.0 Å². The molecule has 154 valence electrons. The maximum absolute atomic E-state index is 12.9. The summed E-state index contributed by atoms with van der Waals surface area (Å²) in [5, 5.41) is 10.2. The van der Waals surface area contributed by atoms with Crippen molar-refractivity contribution in [1.29, 1.82) is 0 Å². The molecule has 0 spiro atoms. The minimum Gasteiger partial charge on any atom is -0.368 e. The molecule has 5 aromatic rings. The van der Waals surface area contributed by atoms with Crippen LogP contribution >= 0.6 is 0 Å². The van der Waals surface area contributed by atoms with Crippen LogP contribution in [0.2, 0.25) is 0 Å². The van der Waals surface area contributed by atoms with Crippen molar-refractivity contribution in [2.45, 2.75) is 6.92 Å². The molecule has 0 saturated carbocycles. The van der Waals surface area contributed by atoms with Gasteiger partial charge < -0.3 is 15.6 Å². The molecule has 0 aliphatic rings. The van der Waals surface area contributed by atoms with Gasteiger partial charge in [-0.15, -0.1) is 0 Å². The number of fused-ring (bicyclic) bond motifs is 2. The van der Waals surface area contributed by atoms with Gasteiger partial charge in [-0.2, -0.15) is 5.10 Å². The largest absolute Gasteiger partial charge is 0.368 e. The van der Waals surface area contributed by atoms with E-state index in [2.05, 4.69) is 20.4 Å². The summed E-state index contributed by atoms with van der Waals surface area (Å²) in [7, 11) is 3.63. The van der Waals surface area contributed by atoms with E-state index in [1.165, 1.54) is 4.57 Å². The fourth-order valence-electron chi connectivity index (χ4n) is 3.61. The predicted molar refractivity (Wildman–Crippen MR) is 121 cm³/mol. The summed E-state index contributed by atoms with van der Waals surface area (Å²) in [5.41, 5.74) is 9.56. The van der Waals surface area contributed by atoms with E-state index in [0.717, 1.165) is 27.7 Å². The Morgan fingerprint density at radius 3 is 2.61 bits per heavy atom. The first-order valence-corrected chi connectivity index (χ1v) is 9.69. The van der Waals surface area contributed by atoms with Gasteiger partial charge in [-0.1, -0.05) is 0 Å². The van der Waals surface area contributed by atoms with Crippen LogP contribution in [0.15, 0.2) is 53.7 Å². The van der Waals surface area contributed by atoms with Gasteiger partial charge in [0, 0.05) is 55.0 Å². The van der Waals surface area contributed by atoms with Crippen LogP contribution in [0.3, 0.4) is 0 Å². The Hall–Kier alpha value is -4.27. The number of nitrogens with zero attached hydrogens (tertiary/aromatic N) is 6. The molecule has 0 bridgehead atoms. The molecule has 4 aromatic heterocycles. The summed E-state index contributed by atoms with van der Waals surface area (Å²) in [4.78, 5) is 25.8. The maximum atomic E-state index is 12.9. The van der Waals surface area contributed by atoms with Gasteiger partial charge in [0.15, 0.2) is 0 Å². The number of rotatable bonds is 3. The van der Waals surface area contributed by atoms with E-state index in [-0.39, 0.29) is 11.5 Å². The molecule has 9 heteroatoms. The standard InChI is InChI=1S/C22H20N8O/c1-12-16-5-4-15(9-18(16)28-30(12)3)26-20-19-13(6-7-29(2)21(19)31)8-17(27-20)14-10-24-22(23)25-11-14/h4-11H,1-3H3,(H,26,27)(H2,23,24,25). The van der Waals surface area contributed by atoms with Crippen molar-refractivity contribution in [1.82, 2.24) is 29.3 Å². The monoisotopic (exact) mass is 412 g/mol. The van der Waals surface area contributed by atoms with Crippen molar-refractivity contribution in [3.63, 3.8) is 0 Å². The highest BCUT2D eigenvalue weighted by molar-refractivity contribution is 5.96. The smallest absolute Gasteiger partial charge is 0.261 e. The summed E-state index contributed by atoms with van der Waals surface area (Å²) in [6.45, 7) is 2.03. The summed E-state index contributed by atoms with van der Waals surface area (Å²) in [5.74, 6) is 0.647. The highest BCUT2D eigenvalue weighted by Gasteiger charge is 2.14. The molecule has 31 heavy (non-hydrogen) atoms. The molecule has 0 radical (unpaired) electrons. The zero-order valence-corrected chi connectivity index (χ0v) is 17.3. The molecule has 0 saturated heterocycles. The van der Waals surface area contributed by atoms with Crippen molar-refractivity contribution in [2.24, 2.45) is 14.1 Å². The van der Waals surface area contributed by atoms with Crippen molar-refractivity contribution in [3.8, 4) is 11.3 Å². The van der Waals surface area contributed by atoms with Gasteiger partial charge in [0.05, 0.1) is 16.6 Å². The zero-order valence-electron chi connectivity index (χ0n) is 17.3. The number of benzene rings is 1. The molecule has 0 atom stereocenters. The average molecular weight is 412 g/mol. The van der Waals surface area contributed by atoms with Crippen LogP contribution in [0.4, 0.5) is 17.5 Å². The minimum atomic E-state index is -0.137. The van der Waals surface area contributed by atoms with E-state index < -0.39 is 0 Å². The lowest BCUT2D eigenvalue weighted by Gasteiger charge is -2.12. The molecule has 0 aliphatic carbocycles. The van der Waals surface area contributed by atoms with Crippen LogP contribution < -0.4 is 16.6 Å². The van der Waals surface area contributed by atoms with Crippen molar-refractivity contribution >= 4 is 39.1 Å². The SMILES string of the molecule is Cc1c2ccc(Nc3nc(-c4cnc(N)nc4)cc4ccn(C)c(=O)c34)cc2nn1C. The second-order valence-corrected chi connectivity index (χ2v) is 7.45. The molecule has 0 fully saturated rings. The Morgan fingerprint density at radius 2 is 1.84 bits per heavy atom. The summed E-state index contributed by atoms with van der Waals surface area (Å²) in [6.07, 6.45) is 4.97. The molecule has 4 heterocycles. The number of hydrogen-bond donors (Lipinski definition) is 2. The van der Waals surface area contributed by atoms with Gasteiger partial charge in [-0.05, 0) is 42.6 Å². The molecule has 0 amide bonds. The van der Waals surface area contributed by atoms with Gasteiger partial charge in [0.2, 0.25) is 5.95 Å². The number of aromatic nitrogens is 6. The first kappa shape index (κ1) is 18.7. The number of anilines is 3. The predicted octanol–water partition coefficient (Wildman–Crippen LogP) is 2.91. The van der Waals surface area contributed by atoms with Crippen LogP contribution in [0.1, 0.15) is 5.69 Å². The maximum Gasteiger partial charge on any atom is 0.261 e. The number of nitrogens with two attached hydrogens (primary N) is 1. The molecule has 1 aromatic carbocycles. The van der Waals surface area contributed by atoms with Crippen molar-refractivity contribution in [3.05, 3.63) is 65.0 Å². The Morgan fingerprint density at radius 1 is 1.06 bits per heavy atom. The quantitative estimate of drug-likeness (QED) is 0.468. The Kier molecular flexibility index (Phi) is 4.18. The lowest BCUT2D eigenvalue weighted by atomic mass is 10.1. The highest BCUT2D eigenvalue weighted by atomic mass is 16.1. The van der Waals surface area contributed by atoms with Crippen LogP contribution in [-0.2, 0) is 14.1 Å². The topological polar surface area (TPSA) is 117 Å². The fraction of sp³-hybridized carbons (Fsp3) is 0.136. The summed E-state index contributed by atoms with van der Waals surface area (Å²) >= 11 is 0. The van der Waals surface area contributed by atoms with Crippen LogP contribution in [0, 0.1) is 6.92 Å². The van der Waals surface area contributed by atoms with Crippen molar-refractivity contribution < 1.29 is 0 Å². The molecule has 3 N–H and O–H groups in total. The fourth-order valence-corrected chi connectivity index (χ4v) is 3.61. The lowest BCUT2D eigenvalue weighted by molar-refractivity contribution is 0.751. The lowest BCUT2D eigenvalue weighted by Crippen LogP contribution is -2.17. The number of pyridine rings is 2. The molecular weight excluding hydrogens is 392 g/mol. The van der Waals surface area contributed by atoms with Crippen LogP contribution in [-0.4, -0.2) is 29.3 Å². The molecule has 9 nitrogen and oxygen atoms in total. The van der Waals surface area contributed by atoms with Crippen molar-refractivity contribution in [2.75, 3.05) is 11.1 Å². The Balaban J connectivity index is 1.69. The molecular formula is C22H20N8O. The van der Waals surface area contributed by atoms with Gasteiger partial charge >= 0.3 is 0 Å². The summed E-state index contributed by atoms with van der Waals surface area (Å²) in [6, 6.07) is 9.65. The second kappa shape index (κ2) is 6.91. The third kappa shape index (κ3) is 3.16. The first-order chi connectivity index (χ1) is 14.9. The number of nitrogens with one attached hydrogen (secondary N) is 1. The van der Waals surface area contributed by atoms with E-state index in [9.17, 15) is 4.79 Å². The normalized spacial score (nSPS) is 11.3. The molecule has 0 unspecified atom stereocenters. The third-order valence-electron chi connectivity index (χ3n) is 5.42. The Labute approximate surface area is 177 Å². The van der Waals surface area contributed by atoms with Gasteiger partial charge in [0.1, 0.15) is 5.82 Å². The molecule has 0 aliphatic heterocycles. The van der Waals surface area contributed by atoms with Crippen LogP contribution in [0.5, 0.6) is 0 Å². The first-order valence-electron chi connectivity index (χ1n) is 9.69. The third-order valence-corrected chi connectivity index (χ3v) is 5.42. The van der Waals surface area contributed by atoms with E-state index in [4.69, 9.17) is 10.7 Å². The van der Waals surface area contributed by atoms with Crippen LogP contribution in [0.25, 0.3) is 32.9 Å². The van der Waals surface area contributed by atoms with Gasteiger partial charge in [-0.3, -0.25) is 9.48 Å². The van der Waals surface area contributed by atoms with E-state index in [0.29, 0.717) is 22.5 Å². The number of hydrogen-bond acceptors (Lipinski definition) is 7. The number of aryl methyl sites for hydroxylation is 3. The number of nitrogen functional groups attached to an aromatic ring is 1. The van der Waals surface area contributed by atoms with E-state index in [1.54, 1.807) is 25.6 Å². The Bertz CT molecular complexity index is 1520. The second-order valence-electron chi connectivity index (χ2n) is 7.45. The summed E-state index contributed by atoms with van der Waals surface area (Å²) < 4.78 is 3.38. The van der Waals surface area contributed by atoms with E-state index in [1.807, 2.05) is 49.0 Å². The highest BCUT2D eigenvalue weighted by Crippen LogP contribution is 2.29. The van der Waals surface area contributed by atoms with E-state index >= 15 is 0 Å². The van der Waals surface area contributed by atoms with Gasteiger partial charge in [0.25, 0.3) is 5.56 Å².